The number of aryl methyl sites for hydroxylation is 3. The Labute approximate surface area is 191 Å². The summed E-state index contributed by atoms with van der Waals surface area (Å²) in [5, 5.41) is 4.92. The maximum atomic E-state index is 14.4. The molecule has 0 saturated heterocycles. The van der Waals surface area contributed by atoms with Crippen molar-refractivity contribution in [2.24, 2.45) is 0 Å². The van der Waals surface area contributed by atoms with Crippen LogP contribution in [0.5, 0.6) is 5.75 Å². The highest BCUT2D eigenvalue weighted by Gasteiger charge is 2.35. The SMILES string of the molecule is CCn1nc2c3c1-c1cnc(N)c(c1)O[C@H](C)c1cc(F)ccc1-c1nc(C)cn1C3CC2. The molecule has 0 saturated carbocycles. The fraction of sp³-hybridized carbons (Fsp3) is 0.320. The number of hydrogen-bond acceptors (Lipinski definition) is 5. The molecule has 2 aliphatic rings. The minimum absolute atomic E-state index is 0.0704. The third-order valence-electron chi connectivity index (χ3n) is 6.69. The van der Waals surface area contributed by atoms with Gasteiger partial charge in [-0.25, -0.2) is 14.4 Å². The molecule has 0 amide bonds. The first-order valence-corrected chi connectivity index (χ1v) is 11.3. The van der Waals surface area contributed by atoms with Crippen molar-refractivity contribution in [1.82, 2.24) is 24.3 Å². The molecule has 8 heteroatoms. The van der Waals surface area contributed by atoms with E-state index in [1.54, 1.807) is 12.3 Å². The van der Waals surface area contributed by atoms with Crippen LogP contribution in [0.15, 0.2) is 36.7 Å². The van der Waals surface area contributed by atoms with Gasteiger partial charge in [0, 0.05) is 41.2 Å². The van der Waals surface area contributed by atoms with Gasteiger partial charge in [-0.3, -0.25) is 4.68 Å². The summed E-state index contributed by atoms with van der Waals surface area (Å²) in [4.78, 5) is 9.31. The second kappa shape index (κ2) is 7.16. The van der Waals surface area contributed by atoms with Crippen LogP contribution in [-0.4, -0.2) is 24.3 Å². The van der Waals surface area contributed by atoms with Crippen molar-refractivity contribution < 1.29 is 9.13 Å². The number of halogens is 1. The number of pyridine rings is 1. The van der Waals surface area contributed by atoms with E-state index in [1.165, 1.54) is 17.7 Å². The Bertz CT molecular complexity index is 1400. The van der Waals surface area contributed by atoms with E-state index >= 15 is 0 Å². The standard InChI is InChI=1S/C25H25FN6O/c1-4-32-23-15-9-21(24(27)28-11-15)33-14(3)18-10-16(26)5-6-17(18)25-29-13(2)12-31(25)20-8-7-19(30-32)22(20)23/h5-6,9-12,14,20H,4,7-8H2,1-3H3,(H2,27,28)/t14-,20?/m1/s1. The summed E-state index contributed by atoms with van der Waals surface area (Å²) in [6, 6.07) is 6.79. The van der Waals surface area contributed by atoms with Crippen LogP contribution in [0.4, 0.5) is 10.2 Å². The van der Waals surface area contributed by atoms with Gasteiger partial charge in [-0.05, 0) is 57.9 Å². The fourth-order valence-corrected chi connectivity index (χ4v) is 5.25. The normalized spacial score (nSPS) is 18.5. The predicted octanol–water partition coefficient (Wildman–Crippen LogP) is 4.85. The van der Waals surface area contributed by atoms with Crippen LogP contribution in [0.1, 0.15) is 54.9 Å². The zero-order valence-electron chi connectivity index (χ0n) is 18.8. The molecule has 33 heavy (non-hydrogen) atoms. The highest BCUT2D eigenvalue weighted by atomic mass is 19.1. The number of imidazole rings is 1. The van der Waals surface area contributed by atoms with Gasteiger partial charge in [0.15, 0.2) is 11.6 Å². The molecule has 2 bridgehead atoms. The van der Waals surface area contributed by atoms with E-state index < -0.39 is 6.10 Å². The maximum Gasteiger partial charge on any atom is 0.166 e. The zero-order valence-corrected chi connectivity index (χ0v) is 18.8. The first-order valence-electron chi connectivity index (χ1n) is 11.3. The summed E-state index contributed by atoms with van der Waals surface area (Å²) < 4.78 is 24.9. The highest BCUT2D eigenvalue weighted by molar-refractivity contribution is 5.71. The van der Waals surface area contributed by atoms with Gasteiger partial charge < -0.3 is 15.0 Å². The quantitative estimate of drug-likeness (QED) is 0.454. The minimum Gasteiger partial charge on any atom is -0.482 e. The van der Waals surface area contributed by atoms with Crippen LogP contribution >= 0.6 is 0 Å². The summed E-state index contributed by atoms with van der Waals surface area (Å²) in [5.41, 5.74) is 12.9. The third-order valence-corrected chi connectivity index (χ3v) is 6.69. The van der Waals surface area contributed by atoms with E-state index in [0.717, 1.165) is 59.0 Å². The lowest BCUT2D eigenvalue weighted by Gasteiger charge is -2.24. The van der Waals surface area contributed by atoms with E-state index in [0.29, 0.717) is 11.6 Å². The number of rotatable bonds is 1. The Balaban J connectivity index is 1.70. The first-order chi connectivity index (χ1) is 15.9. The predicted molar refractivity (Wildman–Crippen MR) is 123 cm³/mol. The van der Waals surface area contributed by atoms with Gasteiger partial charge in [0.2, 0.25) is 0 Å². The van der Waals surface area contributed by atoms with Crippen LogP contribution in [-0.2, 0) is 13.0 Å². The van der Waals surface area contributed by atoms with Crippen molar-refractivity contribution in [2.45, 2.75) is 52.3 Å². The molecule has 0 spiro atoms. The van der Waals surface area contributed by atoms with E-state index in [9.17, 15) is 4.39 Å². The highest BCUT2D eigenvalue weighted by Crippen LogP contribution is 2.45. The van der Waals surface area contributed by atoms with Gasteiger partial charge in [0.1, 0.15) is 17.7 Å². The van der Waals surface area contributed by atoms with Crippen molar-refractivity contribution in [2.75, 3.05) is 5.73 Å². The number of hydrogen-bond donors (Lipinski definition) is 1. The molecule has 4 aromatic rings. The summed E-state index contributed by atoms with van der Waals surface area (Å²) in [6.07, 6.45) is 5.21. The molecule has 3 aromatic heterocycles. The topological polar surface area (TPSA) is 83.8 Å². The Morgan fingerprint density at radius 2 is 2.12 bits per heavy atom. The molecule has 4 heterocycles. The molecule has 0 fully saturated rings. The second-order valence-electron chi connectivity index (χ2n) is 8.79. The number of benzene rings is 1. The van der Waals surface area contributed by atoms with E-state index in [1.807, 2.05) is 24.6 Å². The molecule has 7 nitrogen and oxygen atoms in total. The number of nitrogen functional groups attached to an aromatic ring is 1. The molecule has 1 aliphatic carbocycles. The second-order valence-corrected chi connectivity index (χ2v) is 8.79. The molecule has 168 valence electrons. The maximum absolute atomic E-state index is 14.4. The number of aromatic nitrogens is 5. The summed E-state index contributed by atoms with van der Waals surface area (Å²) in [6.45, 7) is 6.71. The Hall–Kier alpha value is -3.68. The minimum atomic E-state index is -0.463. The number of anilines is 1. The average molecular weight is 445 g/mol. The average Bonchev–Trinajstić information content (AvgIpc) is 3.47. The van der Waals surface area contributed by atoms with Gasteiger partial charge in [0.25, 0.3) is 0 Å². The van der Waals surface area contributed by atoms with Gasteiger partial charge in [-0.1, -0.05) is 0 Å². The van der Waals surface area contributed by atoms with Gasteiger partial charge in [-0.2, -0.15) is 5.10 Å². The van der Waals surface area contributed by atoms with Crippen LogP contribution in [0.25, 0.3) is 22.6 Å². The van der Waals surface area contributed by atoms with Crippen LogP contribution in [0.2, 0.25) is 0 Å². The Kier molecular flexibility index (Phi) is 4.33. The molecule has 1 aliphatic heterocycles. The number of fused-ring (bicyclic) bond motifs is 7. The van der Waals surface area contributed by atoms with Crippen LogP contribution < -0.4 is 10.5 Å². The molecule has 6 rings (SSSR count). The summed E-state index contributed by atoms with van der Waals surface area (Å²) >= 11 is 0. The van der Waals surface area contributed by atoms with E-state index in [4.69, 9.17) is 20.6 Å². The molecule has 0 radical (unpaired) electrons. The fourth-order valence-electron chi connectivity index (χ4n) is 5.25. The van der Waals surface area contributed by atoms with Crippen molar-refractivity contribution >= 4 is 5.82 Å². The monoisotopic (exact) mass is 444 g/mol. The molecule has 2 N–H and O–H groups in total. The molecular weight excluding hydrogens is 419 g/mol. The number of nitrogens with zero attached hydrogens (tertiary/aromatic N) is 5. The zero-order chi connectivity index (χ0) is 22.9. The Morgan fingerprint density at radius 1 is 1.27 bits per heavy atom. The van der Waals surface area contributed by atoms with Crippen molar-refractivity contribution in [1.29, 1.82) is 0 Å². The number of ether oxygens (including phenoxy) is 1. The van der Waals surface area contributed by atoms with Crippen molar-refractivity contribution in [3.8, 4) is 28.4 Å². The Morgan fingerprint density at radius 3 is 2.94 bits per heavy atom. The van der Waals surface area contributed by atoms with Gasteiger partial charge >= 0.3 is 0 Å². The molecule has 1 aromatic carbocycles. The summed E-state index contributed by atoms with van der Waals surface area (Å²) in [5.74, 6) is 1.26. The lowest BCUT2D eigenvalue weighted by molar-refractivity contribution is 0.227. The lowest BCUT2D eigenvalue weighted by atomic mass is 9.99. The van der Waals surface area contributed by atoms with Crippen molar-refractivity contribution in [3.63, 3.8) is 0 Å². The van der Waals surface area contributed by atoms with Gasteiger partial charge in [-0.15, -0.1) is 0 Å². The van der Waals surface area contributed by atoms with Crippen molar-refractivity contribution in [3.05, 3.63) is 65.0 Å². The van der Waals surface area contributed by atoms with E-state index in [-0.39, 0.29) is 11.9 Å². The molecule has 1 unspecified atom stereocenters. The van der Waals surface area contributed by atoms with Crippen LogP contribution in [0, 0.1) is 12.7 Å². The van der Waals surface area contributed by atoms with Gasteiger partial charge in [0.05, 0.1) is 23.1 Å². The third kappa shape index (κ3) is 2.97. The largest absolute Gasteiger partial charge is 0.482 e. The van der Waals surface area contributed by atoms with E-state index in [2.05, 4.69) is 22.7 Å². The van der Waals surface area contributed by atoms with Crippen LogP contribution in [0.3, 0.4) is 0 Å². The first kappa shape index (κ1) is 20.0. The molecule has 2 atom stereocenters. The summed E-state index contributed by atoms with van der Waals surface area (Å²) in [7, 11) is 0. The molecular formula is C25H25FN6O. The number of nitrogens with two attached hydrogens (primary N) is 1. The smallest absolute Gasteiger partial charge is 0.166 e. The lowest BCUT2D eigenvalue weighted by Crippen LogP contribution is -2.14.